The third-order valence-electron chi connectivity index (χ3n) is 5.14. The van der Waals surface area contributed by atoms with Crippen molar-refractivity contribution in [1.29, 1.82) is 0 Å². The number of nitrogens with one attached hydrogen (secondary N) is 1. The summed E-state index contributed by atoms with van der Waals surface area (Å²) in [6.07, 6.45) is 1.95. The lowest BCUT2D eigenvalue weighted by Gasteiger charge is -2.21. The fourth-order valence-corrected chi connectivity index (χ4v) is 4.56. The SMILES string of the molecule is CCOc1ccc(NC(=O)c2cc([N+](=O)[O-])ccc2N2CCCC2)cc1S(=O)(=O)N(C)C. The lowest BCUT2D eigenvalue weighted by Crippen LogP contribution is -2.24. The molecule has 172 valence electrons. The van der Waals surface area contributed by atoms with Gasteiger partial charge in [-0.05, 0) is 44.0 Å². The smallest absolute Gasteiger partial charge is 0.270 e. The first-order valence-electron chi connectivity index (χ1n) is 10.2. The maximum absolute atomic E-state index is 13.1. The second kappa shape index (κ2) is 9.53. The first kappa shape index (κ1) is 23.5. The standard InChI is InChI=1S/C21H26N4O6S/c1-4-31-19-10-7-15(13-20(19)32(29,30)23(2)3)22-21(26)17-14-16(25(27)28)8-9-18(17)24-11-5-6-12-24/h7-10,13-14H,4-6,11-12H2,1-3H3,(H,22,26). The number of sulfonamides is 1. The highest BCUT2D eigenvalue weighted by Gasteiger charge is 2.25. The van der Waals surface area contributed by atoms with Crippen molar-refractivity contribution < 1.29 is 22.9 Å². The fraction of sp³-hybridized carbons (Fsp3) is 0.381. The number of carbonyl (C=O) groups is 1. The van der Waals surface area contributed by atoms with Crippen molar-refractivity contribution in [3.05, 3.63) is 52.1 Å². The van der Waals surface area contributed by atoms with Crippen molar-refractivity contribution in [2.75, 3.05) is 44.0 Å². The molecule has 2 aromatic rings. The zero-order valence-electron chi connectivity index (χ0n) is 18.2. The minimum Gasteiger partial charge on any atom is -0.492 e. The molecule has 1 heterocycles. The molecular weight excluding hydrogens is 436 g/mol. The Kier molecular flexibility index (Phi) is 6.99. The maximum Gasteiger partial charge on any atom is 0.270 e. The number of nitro benzene ring substituents is 1. The van der Waals surface area contributed by atoms with Crippen LogP contribution in [0.3, 0.4) is 0 Å². The van der Waals surface area contributed by atoms with Crippen LogP contribution in [0.1, 0.15) is 30.1 Å². The number of nitrogens with zero attached hydrogens (tertiary/aromatic N) is 3. The van der Waals surface area contributed by atoms with Gasteiger partial charge in [0, 0.05) is 45.0 Å². The van der Waals surface area contributed by atoms with Gasteiger partial charge in [0.05, 0.1) is 22.8 Å². The number of anilines is 2. The molecule has 3 rings (SSSR count). The summed E-state index contributed by atoms with van der Waals surface area (Å²) in [6, 6.07) is 8.54. The molecule has 1 aliphatic heterocycles. The average molecular weight is 463 g/mol. The van der Waals surface area contributed by atoms with Crippen molar-refractivity contribution >= 4 is 33.0 Å². The molecule has 2 aromatic carbocycles. The lowest BCUT2D eigenvalue weighted by molar-refractivity contribution is -0.384. The van der Waals surface area contributed by atoms with Gasteiger partial charge in [-0.1, -0.05) is 0 Å². The predicted octanol–water partition coefficient (Wildman–Crippen LogP) is 3.10. The first-order valence-corrected chi connectivity index (χ1v) is 11.6. The number of hydrogen-bond acceptors (Lipinski definition) is 7. The van der Waals surface area contributed by atoms with Gasteiger partial charge in [-0.2, -0.15) is 0 Å². The van der Waals surface area contributed by atoms with Gasteiger partial charge in [0.25, 0.3) is 11.6 Å². The van der Waals surface area contributed by atoms with Gasteiger partial charge in [-0.3, -0.25) is 14.9 Å². The van der Waals surface area contributed by atoms with E-state index in [9.17, 15) is 23.3 Å². The predicted molar refractivity (Wildman–Crippen MR) is 121 cm³/mol. The van der Waals surface area contributed by atoms with E-state index < -0.39 is 20.9 Å². The molecule has 0 aromatic heterocycles. The Balaban J connectivity index is 2.00. The Morgan fingerprint density at radius 3 is 2.47 bits per heavy atom. The molecule has 32 heavy (non-hydrogen) atoms. The molecule has 1 fully saturated rings. The first-order chi connectivity index (χ1) is 15.1. The number of carbonyl (C=O) groups excluding carboxylic acids is 1. The Morgan fingerprint density at radius 2 is 1.88 bits per heavy atom. The molecular formula is C21H26N4O6S. The van der Waals surface area contributed by atoms with Crippen molar-refractivity contribution in [3.8, 4) is 5.75 Å². The Morgan fingerprint density at radius 1 is 1.19 bits per heavy atom. The number of rotatable bonds is 8. The van der Waals surface area contributed by atoms with E-state index in [0.29, 0.717) is 5.69 Å². The van der Waals surface area contributed by atoms with Crippen LogP contribution in [0.5, 0.6) is 5.75 Å². The Hall–Kier alpha value is -3.18. The minimum absolute atomic E-state index is 0.0824. The summed E-state index contributed by atoms with van der Waals surface area (Å²) in [6.45, 7) is 3.53. The molecule has 0 aliphatic carbocycles. The van der Waals surface area contributed by atoms with E-state index in [1.54, 1.807) is 13.0 Å². The maximum atomic E-state index is 13.1. The van der Waals surface area contributed by atoms with Gasteiger partial charge in [0.15, 0.2) is 0 Å². The summed E-state index contributed by atoms with van der Waals surface area (Å²) in [5, 5.41) is 13.9. The van der Waals surface area contributed by atoms with Crippen LogP contribution in [-0.2, 0) is 10.0 Å². The second-order valence-electron chi connectivity index (χ2n) is 7.49. The topological polar surface area (TPSA) is 122 Å². The molecule has 0 radical (unpaired) electrons. The summed E-state index contributed by atoms with van der Waals surface area (Å²) in [5.74, 6) is -0.389. The molecule has 10 nitrogen and oxygen atoms in total. The summed E-state index contributed by atoms with van der Waals surface area (Å²) in [4.78, 5) is 25.8. The van der Waals surface area contributed by atoms with Crippen LogP contribution >= 0.6 is 0 Å². The normalized spacial score (nSPS) is 13.9. The van der Waals surface area contributed by atoms with Crippen LogP contribution in [0.25, 0.3) is 0 Å². The van der Waals surface area contributed by atoms with Gasteiger partial charge < -0.3 is 15.0 Å². The molecule has 1 N–H and O–H groups in total. The molecule has 0 unspecified atom stereocenters. The van der Waals surface area contributed by atoms with Crippen LogP contribution in [0, 0.1) is 10.1 Å². The van der Waals surface area contributed by atoms with E-state index in [1.165, 1.54) is 44.4 Å². The van der Waals surface area contributed by atoms with Crippen LogP contribution in [0.4, 0.5) is 17.1 Å². The van der Waals surface area contributed by atoms with Gasteiger partial charge in [-0.15, -0.1) is 0 Å². The third-order valence-corrected chi connectivity index (χ3v) is 6.98. The fourth-order valence-electron chi connectivity index (χ4n) is 3.51. The summed E-state index contributed by atoms with van der Waals surface area (Å²) < 4.78 is 32.0. The highest BCUT2D eigenvalue weighted by atomic mass is 32.2. The van der Waals surface area contributed by atoms with E-state index in [-0.39, 0.29) is 34.2 Å². The van der Waals surface area contributed by atoms with E-state index in [1.807, 2.05) is 4.90 Å². The van der Waals surface area contributed by atoms with Gasteiger partial charge in [0.2, 0.25) is 10.0 Å². The molecule has 1 aliphatic rings. The largest absolute Gasteiger partial charge is 0.492 e. The summed E-state index contributed by atoms with van der Waals surface area (Å²) >= 11 is 0. The molecule has 0 atom stereocenters. The third kappa shape index (κ3) is 4.83. The number of benzene rings is 2. The van der Waals surface area contributed by atoms with Gasteiger partial charge in [0.1, 0.15) is 10.6 Å². The molecule has 11 heteroatoms. The zero-order valence-corrected chi connectivity index (χ0v) is 19.0. The van der Waals surface area contributed by atoms with E-state index in [4.69, 9.17) is 4.74 Å². The number of non-ortho nitro benzene ring substituents is 1. The lowest BCUT2D eigenvalue weighted by atomic mass is 10.1. The minimum atomic E-state index is -3.83. The van der Waals surface area contributed by atoms with Crippen LogP contribution < -0.4 is 15.0 Å². The van der Waals surface area contributed by atoms with Gasteiger partial charge in [-0.25, -0.2) is 12.7 Å². The van der Waals surface area contributed by atoms with Crippen LogP contribution in [-0.4, -0.2) is 57.3 Å². The van der Waals surface area contributed by atoms with Crippen molar-refractivity contribution in [2.45, 2.75) is 24.7 Å². The van der Waals surface area contributed by atoms with Crippen molar-refractivity contribution in [2.24, 2.45) is 0 Å². The van der Waals surface area contributed by atoms with Crippen molar-refractivity contribution in [3.63, 3.8) is 0 Å². The Labute approximate surface area is 187 Å². The number of amides is 1. The quantitative estimate of drug-likeness (QED) is 0.472. The number of ether oxygens (including phenoxy) is 1. The molecule has 0 saturated carbocycles. The number of hydrogen-bond donors (Lipinski definition) is 1. The molecule has 0 spiro atoms. The highest BCUT2D eigenvalue weighted by Crippen LogP contribution is 2.32. The summed E-state index contributed by atoms with van der Waals surface area (Å²) in [5.41, 5.74) is 0.808. The molecule has 1 saturated heterocycles. The monoisotopic (exact) mass is 462 g/mol. The summed E-state index contributed by atoms with van der Waals surface area (Å²) in [7, 11) is -1.02. The molecule has 1 amide bonds. The highest BCUT2D eigenvalue weighted by molar-refractivity contribution is 7.89. The van der Waals surface area contributed by atoms with E-state index >= 15 is 0 Å². The van der Waals surface area contributed by atoms with Crippen molar-refractivity contribution in [1.82, 2.24) is 4.31 Å². The van der Waals surface area contributed by atoms with Crippen LogP contribution in [0.15, 0.2) is 41.3 Å². The number of nitro groups is 1. The van der Waals surface area contributed by atoms with Crippen LogP contribution in [0.2, 0.25) is 0 Å². The van der Waals surface area contributed by atoms with E-state index in [2.05, 4.69) is 5.32 Å². The average Bonchev–Trinajstić information content (AvgIpc) is 3.29. The molecule has 0 bridgehead atoms. The zero-order chi connectivity index (χ0) is 23.5. The van der Waals surface area contributed by atoms with Gasteiger partial charge >= 0.3 is 0 Å². The van der Waals surface area contributed by atoms with E-state index in [0.717, 1.165) is 30.2 Å². The Bertz CT molecular complexity index is 1130. The second-order valence-corrected chi connectivity index (χ2v) is 9.61.